The summed E-state index contributed by atoms with van der Waals surface area (Å²) in [5.41, 5.74) is 0.329. The summed E-state index contributed by atoms with van der Waals surface area (Å²) in [7, 11) is 0. The minimum absolute atomic E-state index is 0.111. The zero-order valence-electron chi connectivity index (χ0n) is 12.1. The second-order valence-electron chi connectivity index (χ2n) is 5.12. The van der Waals surface area contributed by atoms with Gasteiger partial charge in [-0.15, -0.1) is 0 Å². The molecule has 0 atom stereocenters. The number of hydrogen-bond acceptors (Lipinski definition) is 4. The Morgan fingerprint density at radius 3 is 2.65 bits per heavy atom. The first-order valence-electron chi connectivity index (χ1n) is 6.21. The van der Waals surface area contributed by atoms with Crippen molar-refractivity contribution in [2.45, 2.75) is 33.3 Å². The first-order valence-corrected chi connectivity index (χ1v) is 6.21. The number of alkyl carbamates (subject to hydrolysis) is 1. The van der Waals surface area contributed by atoms with Gasteiger partial charge in [-0.1, -0.05) is 12.0 Å². The standard InChI is InChI=1S/C15H18N2O3/c1-11(18)13-9-5-7-12(17-13)8-6-10-16-14(19)20-15(2,3)4/h5,7,9H,10H2,1-4H3,(H,16,19). The highest BCUT2D eigenvalue weighted by atomic mass is 16.6. The van der Waals surface area contributed by atoms with E-state index >= 15 is 0 Å². The molecule has 0 bridgehead atoms. The van der Waals surface area contributed by atoms with Crippen molar-refractivity contribution in [3.63, 3.8) is 0 Å². The van der Waals surface area contributed by atoms with Crippen LogP contribution in [-0.4, -0.2) is 29.0 Å². The van der Waals surface area contributed by atoms with Gasteiger partial charge in [0.05, 0.1) is 6.54 Å². The predicted molar refractivity (Wildman–Crippen MR) is 75.4 cm³/mol. The first kappa shape index (κ1) is 15.7. The van der Waals surface area contributed by atoms with Crippen molar-refractivity contribution in [3.8, 4) is 11.8 Å². The number of Topliss-reactive ketones (excluding diaryl/α,β-unsaturated/α-hetero) is 1. The van der Waals surface area contributed by atoms with E-state index in [1.54, 1.807) is 39.0 Å². The van der Waals surface area contributed by atoms with Crippen LogP contribution in [0.1, 0.15) is 43.9 Å². The third-order valence-electron chi connectivity index (χ3n) is 2.05. The van der Waals surface area contributed by atoms with E-state index in [2.05, 4.69) is 22.1 Å². The number of carbonyl (C=O) groups excluding carboxylic acids is 2. The predicted octanol–water partition coefficient (Wildman–Crippen LogP) is 2.16. The number of ether oxygens (including phenoxy) is 1. The Balaban J connectivity index is 2.53. The zero-order valence-corrected chi connectivity index (χ0v) is 12.1. The number of aromatic nitrogens is 1. The van der Waals surface area contributed by atoms with Gasteiger partial charge in [-0.2, -0.15) is 0 Å². The molecule has 0 fully saturated rings. The molecule has 1 rings (SSSR count). The smallest absolute Gasteiger partial charge is 0.408 e. The van der Waals surface area contributed by atoms with Crippen molar-refractivity contribution in [1.29, 1.82) is 0 Å². The molecule has 0 aliphatic heterocycles. The van der Waals surface area contributed by atoms with Gasteiger partial charge < -0.3 is 10.1 Å². The molecule has 1 heterocycles. The summed E-state index contributed by atoms with van der Waals surface area (Å²) in [6.45, 7) is 6.96. The Hall–Kier alpha value is -2.35. The largest absolute Gasteiger partial charge is 0.444 e. The number of hydrogen-bond donors (Lipinski definition) is 1. The number of carbonyl (C=O) groups is 2. The van der Waals surface area contributed by atoms with Crippen molar-refractivity contribution in [3.05, 3.63) is 29.6 Å². The highest BCUT2D eigenvalue weighted by molar-refractivity contribution is 5.92. The van der Waals surface area contributed by atoms with Gasteiger partial charge in [-0.05, 0) is 38.8 Å². The van der Waals surface area contributed by atoms with Crippen molar-refractivity contribution in [2.24, 2.45) is 0 Å². The van der Waals surface area contributed by atoms with Crippen molar-refractivity contribution in [1.82, 2.24) is 10.3 Å². The van der Waals surface area contributed by atoms with Crippen LogP contribution in [0, 0.1) is 11.8 Å². The molecule has 0 aliphatic carbocycles. The van der Waals surface area contributed by atoms with E-state index in [1.165, 1.54) is 6.92 Å². The Morgan fingerprint density at radius 1 is 1.35 bits per heavy atom. The lowest BCUT2D eigenvalue weighted by molar-refractivity contribution is 0.0535. The molecular formula is C15H18N2O3. The van der Waals surface area contributed by atoms with E-state index in [1.807, 2.05) is 0 Å². The molecule has 5 heteroatoms. The minimum Gasteiger partial charge on any atom is -0.444 e. The SMILES string of the molecule is CC(=O)c1cccc(C#CCNC(=O)OC(C)(C)C)n1. The maximum atomic E-state index is 11.4. The zero-order chi connectivity index (χ0) is 15.2. The van der Waals surface area contributed by atoms with Crippen molar-refractivity contribution >= 4 is 11.9 Å². The maximum absolute atomic E-state index is 11.4. The van der Waals surface area contributed by atoms with Gasteiger partial charge in [0.1, 0.15) is 17.0 Å². The topological polar surface area (TPSA) is 68.3 Å². The van der Waals surface area contributed by atoms with Gasteiger partial charge in [-0.3, -0.25) is 4.79 Å². The summed E-state index contributed by atoms with van der Waals surface area (Å²) in [4.78, 5) is 26.6. The number of nitrogens with one attached hydrogen (secondary N) is 1. The lowest BCUT2D eigenvalue weighted by Gasteiger charge is -2.18. The molecule has 0 saturated carbocycles. The first-order chi connectivity index (χ1) is 9.28. The molecule has 5 nitrogen and oxygen atoms in total. The Bertz CT molecular complexity index is 562. The average molecular weight is 274 g/mol. The van der Waals surface area contributed by atoms with Crippen LogP contribution in [0.25, 0.3) is 0 Å². The summed E-state index contributed by atoms with van der Waals surface area (Å²) >= 11 is 0. The molecule has 1 N–H and O–H groups in total. The Kier molecular flexibility index (Phi) is 5.27. The van der Waals surface area contributed by atoms with Gasteiger partial charge in [-0.25, -0.2) is 9.78 Å². The van der Waals surface area contributed by atoms with Crippen molar-refractivity contribution < 1.29 is 14.3 Å². The molecular weight excluding hydrogens is 256 g/mol. The van der Waals surface area contributed by atoms with Crippen LogP contribution in [0.4, 0.5) is 4.79 Å². The Labute approximate surface area is 118 Å². The van der Waals surface area contributed by atoms with E-state index in [9.17, 15) is 9.59 Å². The number of pyridine rings is 1. The normalized spacial score (nSPS) is 10.2. The summed E-state index contributed by atoms with van der Waals surface area (Å²) in [5, 5.41) is 2.52. The van der Waals surface area contributed by atoms with E-state index in [4.69, 9.17) is 4.74 Å². The number of rotatable bonds is 2. The minimum atomic E-state index is -0.533. The molecule has 0 aliphatic rings. The monoisotopic (exact) mass is 274 g/mol. The summed E-state index contributed by atoms with van der Waals surface area (Å²) in [5.74, 6) is 5.41. The third-order valence-corrected chi connectivity index (χ3v) is 2.05. The summed E-state index contributed by atoms with van der Waals surface area (Å²) in [6, 6.07) is 5.05. The summed E-state index contributed by atoms with van der Waals surface area (Å²) in [6.07, 6.45) is -0.516. The van der Waals surface area contributed by atoms with Crippen LogP contribution in [0.15, 0.2) is 18.2 Å². The van der Waals surface area contributed by atoms with E-state index in [-0.39, 0.29) is 12.3 Å². The van der Waals surface area contributed by atoms with Crippen LogP contribution in [-0.2, 0) is 4.74 Å². The summed E-state index contributed by atoms with van der Waals surface area (Å²) < 4.78 is 5.06. The fourth-order valence-electron chi connectivity index (χ4n) is 1.27. The molecule has 0 unspecified atom stereocenters. The molecule has 1 amide bonds. The van der Waals surface area contributed by atoms with Crippen LogP contribution in [0.2, 0.25) is 0 Å². The fraction of sp³-hybridized carbons (Fsp3) is 0.400. The second kappa shape index (κ2) is 6.71. The lowest BCUT2D eigenvalue weighted by atomic mass is 10.2. The molecule has 1 aromatic heterocycles. The highest BCUT2D eigenvalue weighted by Gasteiger charge is 2.14. The maximum Gasteiger partial charge on any atom is 0.408 e. The molecule has 1 aromatic rings. The lowest BCUT2D eigenvalue weighted by Crippen LogP contribution is -2.32. The van der Waals surface area contributed by atoms with E-state index < -0.39 is 11.7 Å². The van der Waals surface area contributed by atoms with Crippen LogP contribution >= 0.6 is 0 Å². The second-order valence-corrected chi connectivity index (χ2v) is 5.12. The number of ketones is 1. The van der Waals surface area contributed by atoms with E-state index in [0.717, 1.165) is 0 Å². The molecule has 106 valence electrons. The van der Waals surface area contributed by atoms with Crippen molar-refractivity contribution in [2.75, 3.05) is 6.54 Å². The van der Waals surface area contributed by atoms with Crippen LogP contribution in [0.3, 0.4) is 0 Å². The number of nitrogens with zero attached hydrogens (tertiary/aromatic N) is 1. The van der Waals surface area contributed by atoms with Gasteiger partial charge >= 0.3 is 6.09 Å². The molecule has 0 spiro atoms. The fourth-order valence-corrected chi connectivity index (χ4v) is 1.27. The van der Waals surface area contributed by atoms with Gasteiger partial charge in [0.2, 0.25) is 0 Å². The highest BCUT2D eigenvalue weighted by Crippen LogP contribution is 2.06. The van der Waals surface area contributed by atoms with Crippen LogP contribution in [0.5, 0.6) is 0 Å². The molecule has 0 saturated heterocycles. The van der Waals surface area contributed by atoms with Gasteiger partial charge in [0.25, 0.3) is 0 Å². The Morgan fingerprint density at radius 2 is 2.05 bits per heavy atom. The van der Waals surface area contributed by atoms with Gasteiger partial charge in [0.15, 0.2) is 5.78 Å². The molecule has 0 radical (unpaired) electrons. The van der Waals surface area contributed by atoms with Gasteiger partial charge in [0, 0.05) is 6.92 Å². The number of amides is 1. The van der Waals surface area contributed by atoms with Crippen LogP contribution < -0.4 is 5.32 Å². The molecule has 20 heavy (non-hydrogen) atoms. The quantitative estimate of drug-likeness (QED) is 0.663. The average Bonchev–Trinajstić information content (AvgIpc) is 2.33. The third kappa shape index (κ3) is 6.01. The molecule has 0 aromatic carbocycles. The van der Waals surface area contributed by atoms with E-state index in [0.29, 0.717) is 11.4 Å².